The molecule has 0 aliphatic carbocycles. The van der Waals surface area contributed by atoms with Crippen LogP contribution in [0.3, 0.4) is 0 Å². The van der Waals surface area contributed by atoms with Crippen molar-refractivity contribution in [3.63, 3.8) is 0 Å². The number of pyridine rings is 1. The number of halogens is 4. The topological polar surface area (TPSA) is 47.0 Å². The third-order valence-electron chi connectivity index (χ3n) is 3.87. The van der Waals surface area contributed by atoms with Crippen molar-refractivity contribution in [2.45, 2.75) is 11.1 Å². The van der Waals surface area contributed by atoms with Gasteiger partial charge in [0.15, 0.2) is 9.84 Å². The molecule has 0 amide bonds. The van der Waals surface area contributed by atoms with Gasteiger partial charge in [-0.1, -0.05) is 24.3 Å². The minimum atomic E-state index is -4.59. The van der Waals surface area contributed by atoms with E-state index in [0.717, 1.165) is 12.3 Å². The zero-order chi connectivity index (χ0) is 19.8. The normalized spacial score (nSPS) is 12.2. The van der Waals surface area contributed by atoms with Crippen LogP contribution in [0.25, 0.3) is 22.4 Å². The Kier molecular flexibility index (Phi) is 4.77. The first-order valence-electron chi connectivity index (χ1n) is 7.70. The van der Waals surface area contributed by atoms with E-state index in [1.807, 2.05) is 0 Å². The number of nitrogens with zero attached hydrogens (tertiary/aromatic N) is 1. The number of aromatic nitrogens is 1. The van der Waals surface area contributed by atoms with Crippen LogP contribution in [-0.4, -0.2) is 19.7 Å². The molecule has 3 rings (SSSR count). The van der Waals surface area contributed by atoms with Gasteiger partial charge >= 0.3 is 6.18 Å². The Labute approximate surface area is 153 Å². The van der Waals surface area contributed by atoms with Gasteiger partial charge in [-0.15, -0.1) is 0 Å². The van der Waals surface area contributed by atoms with Crippen molar-refractivity contribution < 1.29 is 26.0 Å². The summed E-state index contributed by atoms with van der Waals surface area (Å²) in [5.74, 6) is -0.490. The summed E-state index contributed by atoms with van der Waals surface area (Å²) in [7, 11) is -3.62. The number of benzene rings is 2. The second-order valence-electron chi connectivity index (χ2n) is 5.90. The molecular formula is C19H13F4NO2S. The van der Waals surface area contributed by atoms with E-state index in [1.54, 1.807) is 0 Å². The molecule has 3 aromatic rings. The van der Waals surface area contributed by atoms with Gasteiger partial charge < -0.3 is 0 Å². The molecule has 0 spiro atoms. The summed E-state index contributed by atoms with van der Waals surface area (Å²) in [4.78, 5) is 3.61. The summed E-state index contributed by atoms with van der Waals surface area (Å²) < 4.78 is 76.1. The van der Waals surface area contributed by atoms with Crippen molar-refractivity contribution in [3.05, 3.63) is 72.2 Å². The van der Waals surface area contributed by atoms with E-state index >= 15 is 0 Å². The fraction of sp³-hybridized carbons (Fsp3) is 0.105. The molecule has 0 unspecified atom stereocenters. The fourth-order valence-corrected chi connectivity index (χ4v) is 3.51. The molecule has 3 nitrogen and oxygen atoms in total. The van der Waals surface area contributed by atoms with E-state index in [2.05, 4.69) is 4.98 Å². The average molecular weight is 395 g/mol. The minimum Gasteiger partial charge on any atom is -0.243 e. The van der Waals surface area contributed by atoms with Crippen LogP contribution in [0.5, 0.6) is 0 Å². The molecular weight excluding hydrogens is 382 g/mol. The first kappa shape index (κ1) is 19.0. The van der Waals surface area contributed by atoms with Gasteiger partial charge in [0.05, 0.1) is 10.6 Å². The number of alkyl halides is 3. The van der Waals surface area contributed by atoms with E-state index in [1.165, 1.54) is 54.6 Å². The molecule has 0 N–H and O–H groups in total. The van der Waals surface area contributed by atoms with Crippen molar-refractivity contribution >= 4 is 9.84 Å². The van der Waals surface area contributed by atoms with Crippen LogP contribution in [0.1, 0.15) is 5.69 Å². The maximum atomic E-state index is 13.2. The number of hydrogen-bond acceptors (Lipinski definition) is 3. The molecule has 1 aromatic heterocycles. The Morgan fingerprint density at radius 3 is 2.11 bits per heavy atom. The van der Waals surface area contributed by atoms with Crippen LogP contribution >= 0.6 is 0 Å². The molecule has 0 saturated carbocycles. The van der Waals surface area contributed by atoms with Gasteiger partial charge in [0, 0.05) is 17.4 Å². The van der Waals surface area contributed by atoms with Gasteiger partial charge in [0.2, 0.25) is 0 Å². The van der Waals surface area contributed by atoms with Crippen LogP contribution in [0.2, 0.25) is 0 Å². The minimum absolute atomic E-state index is 0.00941. The van der Waals surface area contributed by atoms with Crippen molar-refractivity contribution in [2.75, 3.05) is 6.26 Å². The highest BCUT2D eigenvalue weighted by Crippen LogP contribution is 2.33. The fourth-order valence-electron chi connectivity index (χ4n) is 2.62. The zero-order valence-corrected chi connectivity index (χ0v) is 14.8. The van der Waals surface area contributed by atoms with E-state index in [-0.39, 0.29) is 16.2 Å². The first-order valence-corrected chi connectivity index (χ1v) is 9.59. The van der Waals surface area contributed by atoms with Crippen molar-refractivity contribution in [3.8, 4) is 22.4 Å². The van der Waals surface area contributed by atoms with Gasteiger partial charge in [-0.25, -0.2) is 17.8 Å². The van der Waals surface area contributed by atoms with Crippen molar-refractivity contribution in [1.29, 1.82) is 0 Å². The summed E-state index contributed by atoms with van der Waals surface area (Å²) in [6.07, 6.45) is -3.57. The molecule has 0 bridgehead atoms. The third kappa shape index (κ3) is 4.16. The van der Waals surface area contributed by atoms with E-state index in [0.29, 0.717) is 11.1 Å². The summed E-state index contributed by atoms with van der Waals surface area (Å²) in [6, 6.07) is 12.8. The lowest BCUT2D eigenvalue weighted by molar-refractivity contribution is -0.141. The average Bonchev–Trinajstić information content (AvgIpc) is 2.60. The molecule has 2 aromatic carbocycles. The van der Waals surface area contributed by atoms with Gasteiger partial charge in [0.25, 0.3) is 0 Å². The third-order valence-corrected chi connectivity index (χ3v) is 5.02. The second kappa shape index (κ2) is 6.77. The quantitative estimate of drug-likeness (QED) is 0.588. The van der Waals surface area contributed by atoms with Gasteiger partial charge in [0.1, 0.15) is 11.5 Å². The monoisotopic (exact) mass is 395 g/mol. The lowest BCUT2D eigenvalue weighted by Gasteiger charge is -2.12. The molecule has 8 heteroatoms. The van der Waals surface area contributed by atoms with Crippen LogP contribution in [0.15, 0.2) is 65.6 Å². The second-order valence-corrected chi connectivity index (χ2v) is 7.88. The molecule has 0 aliphatic rings. The summed E-state index contributed by atoms with van der Waals surface area (Å²) in [5.41, 5.74) is -0.00329. The summed E-state index contributed by atoms with van der Waals surface area (Å²) in [5, 5.41) is 0. The predicted octanol–water partition coefficient (Wildman–Crippen LogP) is 4.98. The van der Waals surface area contributed by atoms with Gasteiger partial charge in [-0.3, -0.25) is 0 Å². The van der Waals surface area contributed by atoms with Crippen molar-refractivity contribution in [2.24, 2.45) is 0 Å². The Morgan fingerprint density at radius 2 is 1.52 bits per heavy atom. The van der Waals surface area contributed by atoms with Crippen LogP contribution in [-0.2, 0) is 16.0 Å². The maximum absolute atomic E-state index is 13.2. The van der Waals surface area contributed by atoms with E-state index in [9.17, 15) is 26.0 Å². The summed E-state index contributed by atoms with van der Waals surface area (Å²) in [6.45, 7) is 0. The van der Waals surface area contributed by atoms with Crippen LogP contribution in [0.4, 0.5) is 17.6 Å². The highest BCUT2D eigenvalue weighted by molar-refractivity contribution is 7.90. The van der Waals surface area contributed by atoms with Crippen LogP contribution in [0, 0.1) is 5.82 Å². The van der Waals surface area contributed by atoms with E-state index < -0.39 is 27.5 Å². The molecule has 140 valence electrons. The molecule has 1 heterocycles. The number of hydrogen-bond donors (Lipinski definition) is 0. The lowest BCUT2D eigenvalue weighted by atomic mass is 10.0. The number of rotatable bonds is 3. The lowest BCUT2D eigenvalue weighted by Crippen LogP contribution is -2.08. The highest BCUT2D eigenvalue weighted by Gasteiger charge is 2.32. The van der Waals surface area contributed by atoms with Gasteiger partial charge in [-0.2, -0.15) is 13.2 Å². The molecule has 0 fully saturated rings. The largest absolute Gasteiger partial charge is 0.433 e. The Morgan fingerprint density at radius 1 is 0.889 bits per heavy atom. The molecule has 27 heavy (non-hydrogen) atoms. The molecule has 0 saturated heterocycles. The predicted molar refractivity (Wildman–Crippen MR) is 93.2 cm³/mol. The van der Waals surface area contributed by atoms with E-state index in [4.69, 9.17) is 0 Å². The Hall–Kier alpha value is -2.74. The standard InChI is InChI=1S/C19H13F4NO2S/c1-27(25,26)17-10-7-13(11-15(17)12-5-8-14(20)9-6-12)16-3-2-4-18(24-16)19(21,22)23/h2-11H,1H3. The zero-order valence-electron chi connectivity index (χ0n) is 14.0. The number of sulfone groups is 1. The smallest absolute Gasteiger partial charge is 0.243 e. The maximum Gasteiger partial charge on any atom is 0.433 e. The Balaban J connectivity index is 2.20. The summed E-state index contributed by atoms with van der Waals surface area (Å²) >= 11 is 0. The molecule has 0 radical (unpaired) electrons. The van der Waals surface area contributed by atoms with Crippen molar-refractivity contribution in [1.82, 2.24) is 4.98 Å². The molecule has 0 aliphatic heterocycles. The first-order chi connectivity index (χ1) is 12.6. The molecule has 0 atom stereocenters. The Bertz CT molecular complexity index is 1090. The van der Waals surface area contributed by atoms with Crippen LogP contribution < -0.4 is 0 Å². The highest BCUT2D eigenvalue weighted by atomic mass is 32.2. The SMILES string of the molecule is CS(=O)(=O)c1ccc(-c2cccc(C(F)(F)F)n2)cc1-c1ccc(F)cc1. The van der Waals surface area contributed by atoms with Gasteiger partial charge in [-0.05, 0) is 42.0 Å².